The Bertz CT molecular complexity index is 974. The minimum Gasteiger partial charge on any atom is -0.485 e. The number of ether oxygens (including phenoxy) is 2. The molecule has 1 atom stereocenters. The number of Topliss-reactive ketones (excluding diaryl/α,β-unsaturated/α-hetero) is 1. The number of carbonyl (C=O) groups is 1. The summed E-state index contributed by atoms with van der Waals surface area (Å²) in [5, 5.41) is 9.52. The van der Waals surface area contributed by atoms with Crippen molar-refractivity contribution in [1.82, 2.24) is 0 Å². The topological polar surface area (TPSA) is 85.3 Å². The quantitative estimate of drug-likeness (QED) is 0.877. The molecule has 3 rings (SSSR count). The van der Waals surface area contributed by atoms with Gasteiger partial charge in [-0.1, -0.05) is 36.4 Å². The molecule has 1 heterocycles. The highest BCUT2D eigenvalue weighted by Gasteiger charge is 2.36. The van der Waals surface area contributed by atoms with Crippen LogP contribution in [-0.4, -0.2) is 12.4 Å². The monoisotopic (exact) mass is 364 g/mol. The molecule has 0 saturated carbocycles. The largest absolute Gasteiger partial charge is 0.485 e. The zero-order valence-electron chi connectivity index (χ0n) is 14.6. The summed E-state index contributed by atoms with van der Waals surface area (Å²) in [5.74, 6) is -1.28. The fourth-order valence-electron chi connectivity index (χ4n) is 3.01. The first-order chi connectivity index (χ1) is 13.0. The summed E-state index contributed by atoms with van der Waals surface area (Å²) < 4.78 is 25.3. The fraction of sp³-hybridized carbons (Fsp3) is 0.143. The number of allylic oxidation sites excluding steroid dienone is 2. The molecular formula is C21H17FN2O3. The van der Waals surface area contributed by atoms with Crippen molar-refractivity contribution < 1.29 is 18.7 Å². The number of carbonyl (C=O) groups excluding carboxylic acids is 1. The van der Waals surface area contributed by atoms with E-state index in [1.165, 1.54) is 18.2 Å². The van der Waals surface area contributed by atoms with Crippen LogP contribution in [0.2, 0.25) is 0 Å². The number of nitriles is 1. The number of nitrogens with zero attached hydrogens (tertiary/aromatic N) is 1. The van der Waals surface area contributed by atoms with E-state index >= 15 is 0 Å². The van der Waals surface area contributed by atoms with Crippen LogP contribution in [0.1, 0.15) is 18.4 Å². The van der Waals surface area contributed by atoms with Crippen LogP contribution in [0.4, 0.5) is 4.39 Å². The molecule has 0 aliphatic carbocycles. The predicted molar refractivity (Wildman–Crippen MR) is 96.7 cm³/mol. The normalized spacial score (nSPS) is 16.6. The summed E-state index contributed by atoms with van der Waals surface area (Å²) >= 11 is 0. The highest BCUT2D eigenvalue weighted by molar-refractivity contribution is 5.99. The Morgan fingerprint density at radius 2 is 1.89 bits per heavy atom. The fourth-order valence-corrected chi connectivity index (χ4v) is 3.01. The minimum absolute atomic E-state index is 0.00578. The Hall–Kier alpha value is -3.59. The van der Waals surface area contributed by atoms with Crippen molar-refractivity contribution in [1.29, 1.82) is 5.26 Å². The van der Waals surface area contributed by atoms with Crippen LogP contribution in [0.5, 0.6) is 5.75 Å². The van der Waals surface area contributed by atoms with Crippen molar-refractivity contribution in [2.24, 2.45) is 5.73 Å². The van der Waals surface area contributed by atoms with Crippen LogP contribution in [0.3, 0.4) is 0 Å². The summed E-state index contributed by atoms with van der Waals surface area (Å²) in [5.41, 5.74) is 6.15. The average Bonchev–Trinajstić information content (AvgIpc) is 2.67. The Kier molecular flexibility index (Phi) is 5.23. The maximum Gasteiger partial charge on any atom is 0.205 e. The zero-order chi connectivity index (χ0) is 19.4. The predicted octanol–water partition coefficient (Wildman–Crippen LogP) is 3.56. The number of rotatable bonds is 5. The molecule has 2 aromatic rings. The summed E-state index contributed by atoms with van der Waals surface area (Å²) in [6.45, 7) is 1.29. The lowest BCUT2D eigenvalue weighted by molar-refractivity contribution is -0.118. The Morgan fingerprint density at radius 1 is 1.22 bits per heavy atom. The highest BCUT2D eigenvalue weighted by Crippen LogP contribution is 2.40. The summed E-state index contributed by atoms with van der Waals surface area (Å²) in [4.78, 5) is 12.9. The highest BCUT2D eigenvalue weighted by atomic mass is 19.1. The molecule has 2 aromatic carbocycles. The van der Waals surface area contributed by atoms with E-state index in [9.17, 15) is 14.4 Å². The number of para-hydroxylation sites is 1. The van der Waals surface area contributed by atoms with Crippen LogP contribution in [0.15, 0.2) is 77.4 Å². The molecule has 5 nitrogen and oxygen atoms in total. The maximum atomic E-state index is 14.4. The molecule has 0 spiro atoms. The molecule has 0 bridgehead atoms. The van der Waals surface area contributed by atoms with Gasteiger partial charge >= 0.3 is 0 Å². The second kappa shape index (κ2) is 7.75. The van der Waals surface area contributed by atoms with Crippen molar-refractivity contribution in [2.75, 3.05) is 6.61 Å². The van der Waals surface area contributed by atoms with Crippen LogP contribution in [-0.2, 0) is 9.53 Å². The molecule has 2 N–H and O–H groups in total. The Balaban J connectivity index is 1.98. The van der Waals surface area contributed by atoms with Crippen molar-refractivity contribution in [3.05, 3.63) is 88.8 Å². The lowest BCUT2D eigenvalue weighted by Gasteiger charge is -2.27. The van der Waals surface area contributed by atoms with E-state index in [2.05, 4.69) is 0 Å². The van der Waals surface area contributed by atoms with Gasteiger partial charge in [0.15, 0.2) is 6.61 Å². The second-order valence-electron chi connectivity index (χ2n) is 5.94. The first-order valence-electron chi connectivity index (χ1n) is 8.26. The molecule has 0 radical (unpaired) electrons. The number of ketones is 1. The Labute approximate surface area is 156 Å². The van der Waals surface area contributed by atoms with Gasteiger partial charge in [-0.25, -0.2) is 4.39 Å². The number of hydrogen-bond acceptors (Lipinski definition) is 5. The molecule has 1 aliphatic heterocycles. The van der Waals surface area contributed by atoms with Gasteiger partial charge in [-0.2, -0.15) is 5.26 Å². The average molecular weight is 364 g/mol. The minimum atomic E-state index is -0.947. The van der Waals surface area contributed by atoms with Crippen molar-refractivity contribution in [3.63, 3.8) is 0 Å². The SMILES string of the molecule is CC1=C(C(=O)COc2ccccc2)C(c2ccccc2F)C(C#N)=C(N)O1. The molecule has 0 amide bonds. The number of hydrogen-bond donors (Lipinski definition) is 1. The standard InChI is InChI=1S/C21H17FN2O3/c1-13-19(18(25)12-26-14-7-3-2-4-8-14)20(16(11-23)21(24)27-13)15-9-5-6-10-17(15)22/h2-10,20H,12,24H2,1H3. The summed E-state index contributed by atoms with van der Waals surface area (Å²) in [7, 11) is 0. The van der Waals surface area contributed by atoms with E-state index < -0.39 is 17.5 Å². The van der Waals surface area contributed by atoms with Gasteiger partial charge < -0.3 is 15.2 Å². The molecule has 0 fully saturated rings. The van der Waals surface area contributed by atoms with Gasteiger partial charge in [0.1, 0.15) is 29.0 Å². The molecular weight excluding hydrogens is 347 g/mol. The van der Waals surface area contributed by atoms with E-state index in [-0.39, 0.29) is 35.0 Å². The first kappa shape index (κ1) is 18.2. The van der Waals surface area contributed by atoms with Gasteiger partial charge in [0.25, 0.3) is 0 Å². The molecule has 27 heavy (non-hydrogen) atoms. The maximum absolute atomic E-state index is 14.4. The van der Waals surface area contributed by atoms with Crippen LogP contribution >= 0.6 is 0 Å². The third kappa shape index (κ3) is 3.67. The molecule has 136 valence electrons. The molecule has 1 aliphatic rings. The van der Waals surface area contributed by atoms with Gasteiger partial charge in [0.05, 0.1) is 5.92 Å². The van der Waals surface area contributed by atoms with Gasteiger partial charge in [-0.05, 0) is 25.1 Å². The summed E-state index contributed by atoms with van der Waals surface area (Å²) in [6, 6.07) is 16.8. The van der Waals surface area contributed by atoms with Crippen LogP contribution in [0.25, 0.3) is 0 Å². The second-order valence-corrected chi connectivity index (χ2v) is 5.94. The zero-order valence-corrected chi connectivity index (χ0v) is 14.6. The van der Waals surface area contributed by atoms with E-state index in [1.54, 1.807) is 37.3 Å². The van der Waals surface area contributed by atoms with E-state index in [0.29, 0.717) is 5.75 Å². The molecule has 6 heteroatoms. The smallest absolute Gasteiger partial charge is 0.205 e. The van der Waals surface area contributed by atoms with Crippen LogP contribution < -0.4 is 10.5 Å². The third-order valence-electron chi connectivity index (χ3n) is 4.24. The van der Waals surface area contributed by atoms with Crippen molar-refractivity contribution >= 4 is 5.78 Å². The van der Waals surface area contributed by atoms with E-state index in [4.69, 9.17) is 15.2 Å². The molecule has 1 unspecified atom stereocenters. The van der Waals surface area contributed by atoms with Crippen molar-refractivity contribution in [3.8, 4) is 11.8 Å². The third-order valence-corrected chi connectivity index (χ3v) is 4.24. The summed E-state index contributed by atoms with van der Waals surface area (Å²) in [6.07, 6.45) is 0. The van der Waals surface area contributed by atoms with E-state index in [1.807, 2.05) is 12.1 Å². The first-order valence-corrected chi connectivity index (χ1v) is 8.26. The van der Waals surface area contributed by atoms with Gasteiger partial charge in [-0.15, -0.1) is 0 Å². The Morgan fingerprint density at radius 3 is 2.56 bits per heavy atom. The van der Waals surface area contributed by atoms with E-state index in [0.717, 1.165) is 0 Å². The molecule has 0 saturated heterocycles. The number of nitrogens with two attached hydrogens (primary N) is 1. The van der Waals surface area contributed by atoms with Gasteiger partial charge in [0.2, 0.25) is 11.7 Å². The van der Waals surface area contributed by atoms with Gasteiger partial charge in [-0.3, -0.25) is 4.79 Å². The van der Waals surface area contributed by atoms with Crippen LogP contribution in [0, 0.1) is 17.1 Å². The van der Waals surface area contributed by atoms with Crippen molar-refractivity contribution in [2.45, 2.75) is 12.8 Å². The number of halogens is 1. The van der Waals surface area contributed by atoms with Gasteiger partial charge in [0, 0.05) is 11.1 Å². The number of benzene rings is 2. The lowest BCUT2D eigenvalue weighted by atomic mass is 9.81. The lowest BCUT2D eigenvalue weighted by Crippen LogP contribution is -2.27. The molecule has 0 aromatic heterocycles.